The summed E-state index contributed by atoms with van der Waals surface area (Å²) in [5.41, 5.74) is 0.202. The van der Waals surface area contributed by atoms with Crippen LogP contribution in [0.4, 0.5) is 0 Å². The van der Waals surface area contributed by atoms with Crippen molar-refractivity contribution in [2.24, 2.45) is 0 Å². The molecule has 6 nitrogen and oxygen atoms in total. The van der Waals surface area contributed by atoms with E-state index in [-0.39, 0.29) is 12.1 Å². The van der Waals surface area contributed by atoms with E-state index < -0.39 is 12.2 Å². The van der Waals surface area contributed by atoms with Crippen LogP contribution in [0.3, 0.4) is 0 Å². The summed E-state index contributed by atoms with van der Waals surface area (Å²) >= 11 is 0. The first kappa shape index (κ1) is 15.2. The second-order valence-corrected chi connectivity index (χ2v) is 5.74. The summed E-state index contributed by atoms with van der Waals surface area (Å²) in [7, 11) is 0. The molecule has 0 unspecified atom stereocenters. The molecule has 19 heavy (non-hydrogen) atoms. The van der Waals surface area contributed by atoms with E-state index in [0.29, 0.717) is 6.42 Å². The molecular formula is C13H27N3O3. The average Bonchev–Trinajstić information content (AvgIpc) is 2.46. The maximum atomic E-state index is 9.77. The minimum absolute atomic E-state index is 0.202. The molecule has 2 saturated heterocycles. The molecule has 0 aromatic rings. The van der Waals surface area contributed by atoms with Crippen molar-refractivity contribution in [1.82, 2.24) is 15.5 Å². The van der Waals surface area contributed by atoms with Gasteiger partial charge in [-0.2, -0.15) is 0 Å². The Morgan fingerprint density at radius 1 is 1.05 bits per heavy atom. The van der Waals surface area contributed by atoms with Gasteiger partial charge in [-0.15, -0.1) is 0 Å². The van der Waals surface area contributed by atoms with Crippen LogP contribution in [-0.2, 0) is 0 Å². The summed E-state index contributed by atoms with van der Waals surface area (Å²) in [6.45, 7) is 5.46. The van der Waals surface area contributed by atoms with Gasteiger partial charge in [0.15, 0.2) is 0 Å². The summed E-state index contributed by atoms with van der Waals surface area (Å²) in [6.07, 6.45) is 0.902. The zero-order chi connectivity index (χ0) is 13.7. The largest absolute Gasteiger partial charge is 0.394 e. The fraction of sp³-hybridized carbons (Fsp3) is 1.00. The first-order chi connectivity index (χ1) is 9.18. The quantitative estimate of drug-likeness (QED) is 0.403. The van der Waals surface area contributed by atoms with E-state index in [1.54, 1.807) is 0 Å². The molecular weight excluding hydrogens is 246 g/mol. The van der Waals surface area contributed by atoms with Gasteiger partial charge in [0.1, 0.15) is 6.10 Å². The van der Waals surface area contributed by atoms with E-state index >= 15 is 0 Å². The normalized spacial score (nSPS) is 27.3. The van der Waals surface area contributed by atoms with Gasteiger partial charge >= 0.3 is 0 Å². The summed E-state index contributed by atoms with van der Waals surface area (Å²) in [5.74, 6) is 0. The molecule has 1 spiro atoms. The third-order valence-electron chi connectivity index (χ3n) is 4.54. The molecule has 0 bridgehead atoms. The lowest BCUT2D eigenvalue weighted by Crippen LogP contribution is -2.64. The van der Waals surface area contributed by atoms with Crippen LogP contribution in [0.25, 0.3) is 0 Å². The second-order valence-electron chi connectivity index (χ2n) is 5.74. The van der Waals surface area contributed by atoms with E-state index in [0.717, 1.165) is 52.1 Å². The van der Waals surface area contributed by atoms with Gasteiger partial charge in [0, 0.05) is 31.7 Å². The first-order valence-corrected chi connectivity index (χ1v) is 7.31. The molecule has 6 heteroatoms. The Morgan fingerprint density at radius 3 is 2.47 bits per heavy atom. The highest BCUT2D eigenvalue weighted by molar-refractivity contribution is 4.99. The van der Waals surface area contributed by atoms with Gasteiger partial charge in [-0.25, -0.2) is 0 Å². The molecule has 2 fully saturated rings. The van der Waals surface area contributed by atoms with Crippen molar-refractivity contribution >= 4 is 0 Å². The predicted octanol–water partition coefficient (Wildman–Crippen LogP) is -1.88. The first-order valence-electron chi connectivity index (χ1n) is 7.31. The van der Waals surface area contributed by atoms with Gasteiger partial charge in [0.2, 0.25) is 0 Å². The number of piperidine rings is 1. The molecule has 2 atom stereocenters. The number of aliphatic hydroxyl groups excluding tert-OH is 3. The van der Waals surface area contributed by atoms with Crippen molar-refractivity contribution in [2.45, 2.75) is 37.0 Å². The van der Waals surface area contributed by atoms with Crippen molar-refractivity contribution < 1.29 is 15.3 Å². The Labute approximate surface area is 114 Å². The minimum Gasteiger partial charge on any atom is -0.394 e. The third kappa shape index (κ3) is 3.65. The molecule has 2 rings (SSSR count). The van der Waals surface area contributed by atoms with Gasteiger partial charge < -0.3 is 26.0 Å². The topological polar surface area (TPSA) is 88.0 Å². The smallest absolute Gasteiger partial charge is 0.103 e. The number of aliphatic hydroxyl groups is 3. The van der Waals surface area contributed by atoms with E-state index in [4.69, 9.17) is 5.11 Å². The molecule has 0 amide bonds. The maximum absolute atomic E-state index is 9.77. The maximum Gasteiger partial charge on any atom is 0.103 e. The fourth-order valence-electron chi connectivity index (χ4n) is 3.22. The van der Waals surface area contributed by atoms with Crippen molar-refractivity contribution in [3.8, 4) is 0 Å². The van der Waals surface area contributed by atoms with Crippen LogP contribution in [0.2, 0.25) is 0 Å². The third-order valence-corrected chi connectivity index (χ3v) is 4.54. The highest BCUT2D eigenvalue weighted by Gasteiger charge is 2.39. The molecule has 5 N–H and O–H groups in total. The Kier molecular flexibility index (Phi) is 5.56. The minimum atomic E-state index is -1.02. The molecule has 112 valence electrons. The number of hydrogen-bond acceptors (Lipinski definition) is 6. The van der Waals surface area contributed by atoms with Crippen LogP contribution in [0.5, 0.6) is 0 Å². The Hall–Kier alpha value is -0.240. The van der Waals surface area contributed by atoms with Crippen LogP contribution in [0.15, 0.2) is 0 Å². The highest BCUT2D eigenvalue weighted by Crippen LogP contribution is 2.28. The lowest BCUT2D eigenvalue weighted by Gasteiger charge is -2.50. The van der Waals surface area contributed by atoms with Gasteiger partial charge in [-0.1, -0.05) is 0 Å². The van der Waals surface area contributed by atoms with E-state index in [9.17, 15) is 10.2 Å². The molecule has 0 radical (unpaired) electrons. The molecule has 0 aliphatic carbocycles. The number of piperazine rings is 1. The van der Waals surface area contributed by atoms with Crippen molar-refractivity contribution in [3.05, 3.63) is 0 Å². The van der Waals surface area contributed by atoms with Crippen LogP contribution < -0.4 is 10.6 Å². The zero-order valence-electron chi connectivity index (χ0n) is 11.5. The summed E-state index contributed by atoms with van der Waals surface area (Å²) in [5, 5.41) is 34.9. The fourth-order valence-corrected chi connectivity index (χ4v) is 3.22. The molecule has 2 aliphatic rings. The molecule has 0 aromatic carbocycles. The second kappa shape index (κ2) is 6.97. The lowest BCUT2D eigenvalue weighted by atomic mass is 9.84. The predicted molar refractivity (Wildman–Crippen MR) is 73.0 cm³/mol. The summed E-state index contributed by atoms with van der Waals surface area (Å²) in [6, 6.07) is 0. The SMILES string of the molecule is OC[C@@H](O)[C@@H](O)CCN1CCNCC12CCNCC2. The number of hydrogen-bond donors (Lipinski definition) is 5. The number of rotatable bonds is 5. The highest BCUT2D eigenvalue weighted by atomic mass is 16.4. The number of nitrogens with one attached hydrogen (secondary N) is 2. The standard InChI is InChI=1S/C13H27N3O3/c17-9-12(19)11(18)1-7-16-8-6-15-10-13(16)2-4-14-5-3-13/h11-12,14-15,17-19H,1-10H2/t11-,12+/m0/s1. The van der Waals surface area contributed by atoms with Gasteiger partial charge in [-0.05, 0) is 32.4 Å². The van der Waals surface area contributed by atoms with Crippen LogP contribution >= 0.6 is 0 Å². The Morgan fingerprint density at radius 2 is 1.79 bits per heavy atom. The molecule has 2 heterocycles. The summed E-state index contributed by atoms with van der Waals surface area (Å²) < 4.78 is 0. The Balaban J connectivity index is 1.89. The molecule has 2 aliphatic heterocycles. The van der Waals surface area contributed by atoms with Gasteiger partial charge in [0.25, 0.3) is 0 Å². The van der Waals surface area contributed by atoms with E-state index in [2.05, 4.69) is 15.5 Å². The lowest BCUT2D eigenvalue weighted by molar-refractivity contribution is -0.0337. The molecule has 0 saturated carbocycles. The Bertz CT molecular complexity index is 264. The average molecular weight is 273 g/mol. The van der Waals surface area contributed by atoms with Gasteiger partial charge in [0.05, 0.1) is 12.7 Å². The number of nitrogens with zero attached hydrogens (tertiary/aromatic N) is 1. The van der Waals surface area contributed by atoms with Crippen LogP contribution in [0, 0.1) is 0 Å². The zero-order valence-corrected chi connectivity index (χ0v) is 11.5. The van der Waals surface area contributed by atoms with Crippen molar-refractivity contribution in [1.29, 1.82) is 0 Å². The van der Waals surface area contributed by atoms with Gasteiger partial charge in [-0.3, -0.25) is 4.90 Å². The summed E-state index contributed by atoms with van der Waals surface area (Å²) in [4.78, 5) is 2.46. The van der Waals surface area contributed by atoms with Crippen molar-refractivity contribution in [3.63, 3.8) is 0 Å². The van der Waals surface area contributed by atoms with Crippen LogP contribution in [0.1, 0.15) is 19.3 Å². The molecule has 0 aromatic heterocycles. The monoisotopic (exact) mass is 273 g/mol. The van der Waals surface area contributed by atoms with E-state index in [1.807, 2.05) is 0 Å². The van der Waals surface area contributed by atoms with Crippen LogP contribution in [-0.4, -0.2) is 83.8 Å². The van der Waals surface area contributed by atoms with E-state index in [1.165, 1.54) is 0 Å². The van der Waals surface area contributed by atoms with Crippen molar-refractivity contribution in [2.75, 3.05) is 45.9 Å².